The van der Waals surface area contributed by atoms with Crippen molar-refractivity contribution in [3.63, 3.8) is 0 Å². The molecule has 0 aliphatic carbocycles. The summed E-state index contributed by atoms with van der Waals surface area (Å²) in [5.74, 6) is 0.304. The van der Waals surface area contributed by atoms with E-state index in [0.29, 0.717) is 11.5 Å². The summed E-state index contributed by atoms with van der Waals surface area (Å²) in [6.45, 7) is 1.75. The molecule has 3 rings (SSSR count). The Hall–Kier alpha value is -2.44. The molecular formula is C14H15ClN8O2S2. The van der Waals surface area contributed by atoms with Gasteiger partial charge in [0.1, 0.15) is 17.7 Å². The van der Waals surface area contributed by atoms with Crippen LogP contribution < -0.4 is 5.32 Å². The Morgan fingerprint density at radius 2 is 2.04 bits per heavy atom. The third kappa shape index (κ3) is 4.84. The van der Waals surface area contributed by atoms with Crippen molar-refractivity contribution in [1.82, 2.24) is 35.0 Å². The SMILES string of the molecule is C[C@H](NC(=O)c1csc(Cl)n1)c1ncnn1-c1ncc(N=S(C)(C)=O)cn1. The number of nitrogens with zero attached hydrogens (tertiary/aromatic N) is 7. The average Bonchev–Trinajstić information content (AvgIpc) is 3.23. The van der Waals surface area contributed by atoms with Gasteiger partial charge in [-0.2, -0.15) is 14.1 Å². The molecule has 0 saturated heterocycles. The van der Waals surface area contributed by atoms with Crippen LogP contribution >= 0.6 is 22.9 Å². The smallest absolute Gasteiger partial charge is 0.271 e. The van der Waals surface area contributed by atoms with Gasteiger partial charge >= 0.3 is 0 Å². The standard InChI is InChI=1S/C14H15ClN8O2S2/c1-8(20-12(24)10-6-26-13(15)21-10)11-18-7-19-23(11)14-16-4-9(5-17-14)22-27(2,3)25/h4-8H,1-3H3,(H,20,24)/t8-/m0/s1. The Bertz CT molecular complexity index is 1080. The first-order chi connectivity index (χ1) is 12.7. The van der Waals surface area contributed by atoms with Crippen molar-refractivity contribution < 1.29 is 9.00 Å². The predicted molar refractivity (Wildman–Crippen MR) is 102 cm³/mol. The van der Waals surface area contributed by atoms with Gasteiger partial charge in [0.2, 0.25) is 0 Å². The second kappa shape index (κ2) is 7.66. The lowest BCUT2D eigenvalue weighted by Crippen LogP contribution is -2.29. The first-order valence-corrected chi connectivity index (χ1v) is 11.1. The van der Waals surface area contributed by atoms with Crippen LogP contribution in [0.1, 0.15) is 29.3 Å². The van der Waals surface area contributed by atoms with Gasteiger partial charge in [-0.15, -0.1) is 11.3 Å². The van der Waals surface area contributed by atoms with Crippen molar-refractivity contribution >= 4 is 44.3 Å². The lowest BCUT2D eigenvalue weighted by molar-refractivity contribution is 0.0933. The maximum atomic E-state index is 12.2. The van der Waals surface area contributed by atoms with Gasteiger partial charge in [-0.3, -0.25) is 4.79 Å². The zero-order chi connectivity index (χ0) is 19.6. The van der Waals surface area contributed by atoms with Crippen molar-refractivity contribution in [2.75, 3.05) is 12.5 Å². The van der Waals surface area contributed by atoms with E-state index in [0.717, 1.165) is 0 Å². The molecule has 0 fully saturated rings. The number of amides is 1. The number of carbonyl (C=O) groups excluding carboxylic acids is 1. The van der Waals surface area contributed by atoms with Crippen molar-refractivity contribution in [2.45, 2.75) is 13.0 Å². The molecule has 0 aromatic carbocycles. The van der Waals surface area contributed by atoms with Crippen LogP contribution in [0.4, 0.5) is 5.69 Å². The fourth-order valence-corrected chi connectivity index (χ4v) is 3.46. The summed E-state index contributed by atoms with van der Waals surface area (Å²) in [4.78, 5) is 28.7. The lowest BCUT2D eigenvalue weighted by atomic mass is 10.3. The van der Waals surface area contributed by atoms with Gasteiger partial charge in [0.05, 0.1) is 18.4 Å². The molecule has 3 heterocycles. The second-order valence-corrected chi connectivity index (χ2v) is 9.71. The van der Waals surface area contributed by atoms with E-state index in [9.17, 15) is 9.00 Å². The van der Waals surface area contributed by atoms with Gasteiger partial charge in [0.15, 0.2) is 10.3 Å². The van der Waals surface area contributed by atoms with E-state index in [1.54, 1.807) is 12.3 Å². The summed E-state index contributed by atoms with van der Waals surface area (Å²) in [5.41, 5.74) is 0.630. The van der Waals surface area contributed by atoms with E-state index in [4.69, 9.17) is 11.6 Å². The fraction of sp³-hybridized carbons (Fsp3) is 0.286. The lowest BCUT2D eigenvalue weighted by Gasteiger charge is -2.13. The molecule has 0 bridgehead atoms. The maximum Gasteiger partial charge on any atom is 0.271 e. The molecule has 0 spiro atoms. The molecule has 1 N–H and O–H groups in total. The normalized spacial score (nSPS) is 12.6. The van der Waals surface area contributed by atoms with E-state index in [1.807, 2.05) is 0 Å². The summed E-state index contributed by atoms with van der Waals surface area (Å²) in [5, 5.41) is 8.45. The van der Waals surface area contributed by atoms with Crippen LogP contribution in [-0.2, 0) is 9.73 Å². The van der Waals surface area contributed by atoms with Gasteiger partial charge in [0, 0.05) is 27.6 Å². The molecule has 0 saturated carbocycles. The first-order valence-electron chi connectivity index (χ1n) is 7.54. The number of thiazole rings is 1. The Balaban J connectivity index is 1.81. The van der Waals surface area contributed by atoms with Gasteiger partial charge in [-0.25, -0.2) is 24.1 Å². The van der Waals surface area contributed by atoms with E-state index < -0.39 is 15.8 Å². The number of carbonyl (C=O) groups is 1. The average molecular weight is 427 g/mol. The molecule has 0 radical (unpaired) electrons. The Labute approximate surface area is 164 Å². The minimum atomic E-state index is -2.31. The first kappa shape index (κ1) is 19.3. The van der Waals surface area contributed by atoms with Crippen LogP contribution in [0.2, 0.25) is 4.47 Å². The minimum absolute atomic E-state index is 0.229. The molecule has 1 atom stereocenters. The number of rotatable bonds is 5. The largest absolute Gasteiger partial charge is 0.341 e. The van der Waals surface area contributed by atoms with Crippen LogP contribution in [0.15, 0.2) is 28.5 Å². The zero-order valence-electron chi connectivity index (χ0n) is 14.5. The van der Waals surface area contributed by atoms with Crippen LogP contribution in [-0.4, -0.2) is 52.3 Å². The summed E-state index contributed by atoms with van der Waals surface area (Å²) in [6.07, 6.45) is 7.28. The van der Waals surface area contributed by atoms with Gasteiger partial charge < -0.3 is 5.32 Å². The summed E-state index contributed by atoms with van der Waals surface area (Å²) < 4.78 is 17.5. The summed E-state index contributed by atoms with van der Waals surface area (Å²) in [6, 6.07) is -0.488. The number of aromatic nitrogens is 6. The molecule has 0 unspecified atom stereocenters. The minimum Gasteiger partial charge on any atom is -0.341 e. The van der Waals surface area contributed by atoms with E-state index in [-0.39, 0.29) is 22.0 Å². The fourth-order valence-electron chi connectivity index (χ4n) is 2.12. The van der Waals surface area contributed by atoms with Crippen molar-refractivity contribution in [1.29, 1.82) is 0 Å². The van der Waals surface area contributed by atoms with E-state index in [2.05, 4.69) is 34.7 Å². The van der Waals surface area contributed by atoms with Crippen LogP contribution in [0.3, 0.4) is 0 Å². The monoisotopic (exact) mass is 426 g/mol. The molecule has 0 aliphatic heterocycles. The van der Waals surface area contributed by atoms with Gasteiger partial charge in [0.25, 0.3) is 11.9 Å². The molecule has 10 nitrogen and oxygen atoms in total. The third-order valence-corrected chi connectivity index (χ3v) is 4.79. The summed E-state index contributed by atoms with van der Waals surface area (Å²) >= 11 is 6.93. The Morgan fingerprint density at radius 1 is 1.33 bits per heavy atom. The number of halogens is 1. The van der Waals surface area contributed by atoms with Crippen molar-refractivity contribution in [2.24, 2.45) is 4.36 Å². The van der Waals surface area contributed by atoms with Crippen LogP contribution in [0.25, 0.3) is 5.95 Å². The van der Waals surface area contributed by atoms with Gasteiger partial charge in [-0.05, 0) is 6.92 Å². The molecular weight excluding hydrogens is 412 g/mol. The molecule has 1 amide bonds. The Kier molecular flexibility index (Phi) is 5.48. The van der Waals surface area contributed by atoms with Gasteiger partial charge in [-0.1, -0.05) is 11.6 Å². The molecule has 0 aliphatic rings. The highest BCUT2D eigenvalue weighted by molar-refractivity contribution is 7.92. The third-order valence-electron chi connectivity index (χ3n) is 3.16. The molecule has 3 aromatic heterocycles. The van der Waals surface area contributed by atoms with E-state index in [1.165, 1.54) is 47.3 Å². The predicted octanol–water partition coefficient (Wildman–Crippen LogP) is 2.02. The zero-order valence-corrected chi connectivity index (χ0v) is 16.9. The van der Waals surface area contributed by atoms with Crippen molar-refractivity contribution in [3.05, 3.63) is 40.1 Å². The van der Waals surface area contributed by atoms with Crippen LogP contribution in [0, 0.1) is 0 Å². The molecule has 142 valence electrons. The highest BCUT2D eigenvalue weighted by Crippen LogP contribution is 2.18. The van der Waals surface area contributed by atoms with E-state index >= 15 is 0 Å². The topological polar surface area (TPSA) is 128 Å². The quantitative estimate of drug-likeness (QED) is 0.660. The summed E-state index contributed by atoms with van der Waals surface area (Å²) in [7, 11) is -2.31. The number of hydrogen-bond acceptors (Lipinski definition) is 9. The van der Waals surface area contributed by atoms with Crippen LogP contribution in [0.5, 0.6) is 0 Å². The number of nitrogens with one attached hydrogen (secondary N) is 1. The number of hydrogen-bond donors (Lipinski definition) is 1. The molecule has 3 aromatic rings. The highest BCUT2D eigenvalue weighted by atomic mass is 35.5. The maximum absolute atomic E-state index is 12.2. The molecule has 27 heavy (non-hydrogen) atoms. The Morgan fingerprint density at radius 3 is 2.63 bits per heavy atom. The highest BCUT2D eigenvalue weighted by Gasteiger charge is 2.20. The molecule has 13 heteroatoms. The second-order valence-electron chi connectivity index (χ2n) is 5.72. The van der Waals surface area contributed by atoms with Crippen molar-refractivity contribution in [3.8, 4) is 5.95 Å².